The molecule has 28 heavy (non-hydrogen) atoms. The minimum Gasteiger partial charge on any atom is -0.240 e. The minimum absolute atomic E-state index is 0.452. The van der Waals surface area contributed by atoms with Crippen LogP contribution in [0.3, 0.4) is 0 Å². The average molecular weight is 389 g/mol. The van der Waals surface area contributed by atoms with E-state index >= 15 is 0 Å². The van der Waals surface area contributed by atoms with E-state index in [4.69, 9.17) is 16.6 Å². The van der Waals surface area contributed by atoms with Crippen LogP contribution >= 0.6 is 11.6 Å². The number of benzene rings is 2. The van der Waals surface area contributed by atoms with E-state index in [1.54, 1.807) is 4.68 Å². The number of hydrogen-bond acceptors (Lipinski definition) is 5. The third-order valence-corrected chi connectivity index (χ3v) is 5.11. The zero-order chi connectivity index (χ0) is 19.1. The molecule has 0 N–H and O–H groups in total. The minimum atomic E-state index is 0.452. The second-order valence-corrected chi connectivity index (χ2v) is 7.46. The Balaban J connectivity index is 1.67. The summed E-state index contributed by atoms with van der Waals surface area (Å²) in [5.41, 5.74) is 4.63. The van der Waals surface area contributed by atoms with Crippen LogP contribution in [0.25, 0.3) is 28.3 Å². The highest BCUT2D eigenvalue weighted by Crippen LogP contribution is 2.40. The Hall–Kier alpha value is -3.12. The fourth-order valence-electron chi connectivity index (χ4n) is 3.14. The normalized spacial score (nSPS) is 13.6. The molecular formula is C21H17ClN6. The molecule has 0 unspecified atom stereocenters. The molecule has 0 atom stereocenters. The second-order valence-electron chi connectivity index (χ2n) is 7.02. The summed E-state index contributed by atoms with van der Waals surface area (Å²) in [6.07, 6.45) is 4.11. The van der Waals surface area contributed by atoms with E-state index in [1.165, 1.54) is 5.56 Å². The van der Waals surface area contributed by atoms with Crippen LogP contribution in [0.2, 0.25) is 5.02 Å². The zero-order valence-corrected chi connectivity index (χ0v) is 16.0. The summed E-state index contributed by atoms with van der Waals surface area (Å²) in [5, 5.41) is 13.1. The largest absolute Gasteiger partial charge is 0.240 e. The molecule has 0 spiro atoms. The predicted molar refractivity (Wildman–Crippen MR) is 107 cm³/mol. The number of tetrazole rings is 1. The lowest BCUT2D eigenvalue weighted by Gasteiger charge is -2.11. The number of halogens is 1. The average Bonchev–Trinajstić information content (AvgIpc) is 3.46. The molecule has 0 aliphatic heterocycles. The molecule has 0 saturated heterocycles. The van der Waals surface area contributed by atoms with Gasteiger partial charge in [0.25, 0.3) is 0 Å². The summed E-state index contributed by atoms with van der Waals surface area (Å²) < 4.78 is 1.72. The van der Waals surface area contributed by atoms with E-state index in [0.29, 0.717) is 16.8 Å². The number of nitrogens with zero attached hydrogens (tertiary/aromatic N) is 6. The molecule has 2 aromatic carbocycles. The molecule has 2 aromatic heterocycles. The standard InChI is InChI=1S/C21H17ClN6/c1-13-2-10-17(11-3-13)28-21(25-26-27-28)18-12-23-20(15-4-5-15)24-19(18)14-6-8-16(22)9-7-14/h2-3,6-12,15H,4-5H2,1H3. The smallest absolute Gasteiger partial charge is 0.190 e. The van der Waals surface area contributed by atoms with Crippen molar-refractivity contribution in [3.05, 3.63) is 71.1 Å². The van der Waals surface area contributed by atoms with Gasteiger partial charge in [0.15, 0.2) is 5.82 Å². The Morgan fingerprint density at radius 2 is 1.75 bits per heavy atom. The van der Waals surface area contributed by atoms with Crippen LogP contribution in [-0.4, -0.2) is 30.2 Å². The summed E-state index contributed by atoms with van der Waals surface area (Å²) >= 11 is 6.08. The first kappa shape index (κ1) is 17.0. The van der Waals surface area contributed by atoms with E-state index in [1.807, 2.05) is 61.7 Å². The highest BCUT2D eigenvalue weighted by molar-refractivity contribution is 6.30. The number of hydrogen-bond donors (Lipinski definition) is 0. The third kappa shape index (κ3) is 3.16. The maximum absolute atomic E-state index is 6.08. The molecule has 1 fully saturated rings. The van der Waals surface area contributed by atoms with E-state index in [9.17, 15) is 0 Å². The fourth-order valence-corrected chi connectivity index (χ4v) is 3.27. The molecule has 0 bridgehead atoms. The quantitative estimate of drug-likeness (QED) is 0.510. The first-order chi connectivity index (χ1) is 13.7. The van der Waals surface area contributed by atoms with Gasteiger partial charge < -0.3 is 0 Å². The van der Waals surface area contributed by atoms with Crippen LogP contribution in [0.1, 0.15) is 30.1 Å². The van der Waals surface area contributed by atoms with Crippen molar-refractivity contribution in [1.29, 1.82) is 0 Å². The summed E-state index contributed by atoms with van der Waals surface area (Å²) in [6.45, 7) is 2.05. The lowest BCUT2D eigenvalue weighted by Crippen LogP contribution is -2.04. The molecule has 0 amide bonds. The van der Waals surface area contributed by atoms with Crippen molar-refractivity contribution < 1.29 is 0 Å². The zero-order valence-electron chi connectivity index (χ0n) is 15.2. The molecule has 5 rings (SSSR count). The van der Waals surface area contributed by atoms with Crippen molar-refractivity contribution in [2.45, 2.75) is 25.7 Å². The van der Waals surface area contributed by atoms with Crippen molar-refractivity contribution in [1.82, 2.24) is 30.2 Å². The van der Waals surface area contributed by atoms with Crippen LogP contribution in [0, 0.1) is 6.92 Å². The van der Waals surface area contributed by atoms with Gasteiger partial charge in [-0.1, -0.05) is 41.4 Å². The molecular weight excluding hydrogens is 372 g/mol. The second kappa shape index (κ2) is 6.80. The van der Waals surface area contributed by atoms with Crippen LogP contribution in [0.15, 0.2) is 54.7 Å². The molecule has 6 nitrogen and oxygen atoms in total. The number of aromatic nitrogens is 6. The van der Waals surface area contributed by atoms with Gasteiger partial charge in [-0.3, -0.25) is 0 Å². The van der Waals surface area contributed by atoms with E-state index in [-0.39, 0.29) is 0 Å². The molecule has 1 saturated carbocycles. The molecule has 138 valence electrons. The number of rotatable bonds is 4. The topological polar surface area (TPSA) is 69.4 Å². The summed E-state index contributed by atoms with van der Waals surface area (Å²) in [4.78, 5) is 9.48. The molecule has 7 heteroatoms. The SMILES string of the molecule is Cc1ccc(-n2nnnc2-c2cnc(C3CC3)nc2-c2ccc(Cl)cc2)cc1. The Labute approximate surface area is 167 Å². The summed E-state index contributed by atoms with van der Waals surface area (Å²) in [5.74, 6) is 1.94. The third-order valence-electron chi connectivity index (χ3n) is 4.86. The number of aryl methyl sites for hydroxylation is 1. The van der Waals surface area contributed by atoms with Crippen molar-refractivity contribution in [3.8, 4) is 28.3 Å². The van der Waals surface area contributed by atoms with Gasteiger partial charge in [0, 0.05) is 22.7 Å². The molecule has 2 heterocycles. The van der Waals surface area contributed by atoms with Gasteiger partial charge in [-0.05, 0) is 54.5 Å². The monoisotopic (exact) mass is 388 g/mol. The predicted octanol–water partition coefficient (Wildman–Crippen LogP) is 4.63. The van der Waals surface area contributed by atoms with Gasteiger partial charge >= 0.3 is 0 Å². The molecule has 4 aromatic rings. The van der Waals surface area contributed by atoms with E-state index < -0.39 is 0 Å². The lowest BCUT2D eigenvalue weighted by atomic mass is 10.1. The Bertz CT molecular complexity index is 1130. The van der Waals surface area contributed by atoms with E-state index in [2.05, 4.69) is 20.5 Å². The summed E-state index contributed by atoms with van der Waals surface area (Å²) in [6, 6.07) is 15.7. The van der Waals surface area contributed by atoms with Crippen LogP contribution in [-0.2, 0) is 0 Å². The van der Waals surface area contributed by atoms with Gasteiger partial charge in [-0.15, -0.1) is 5.10 Å². The highest BCUT2D eigenvalue weighted by Gasteiger charge is 2.28. The first-order valence-corrected chi connectivity index (χ1v) is 9.55. The highest BCUT2D eigenvalue weighted by atomic mass is 35.5. The maximum Gasteiger partial charge on any atom is 0.190 e. The van der Waals surface area contributed by atoms with Crippen LogP contribution in [0.5, 0.6) is 0 Å². The van der Waals surface area contributed by atoms with Gasteiger partial charge in [0.2, 0.25) is 0 Å². The van der Waals surface area contributed by atoms with Crippen molar-refractivity contribution in [2.75, 3.05) is 0 Å². The maximum atomic E-state index is 6.08. The first-order valence-electron chi connectivity index (χ1n) is 9.18. The molecule has 1 aliphatic carbocycles. The van der Waals surface area contributed by atoms with Gasteiger partial charge in [0.1, 0.15) is 5.82 Å². The van der Waals surface area contributed by atoms with Gasteiger partial charge in [-0.2, -0.15) is 4.68 Å². The van der Waals surface area contributed by atoms with Gasteiger partial charge in [0.05, 0.1) is 16.9 Å². The Morgan fingerprint density at radius 1 is 1.00 bits per heavy atom. The van der Waals surface area contributed by atoms with Crippen molar-refractivity contribution in [2.24, 2.45) is 0 Å². The Morgan fingerprint density at radius 3 is 2.46 bits per heavy atom. The van der Waals surface area contributed by atoms with Crippen LogP contribution < -0.4 is 0 Å². The van der Waals surface area contributed by atoms with Crippen LogP contribution in [0.4, 0.5) is 0 Å². The van der Waals surface area contributed by atoms with Crippen molar-refractivity contribution >= 4 is 11.6 Å². The van der Waals surface area contributed by atoms with Gasteiger partial charge in [-0.25, -0.2) is 9.97 Å². The lowest BCUT2D eigenvalue weighted by molar-refractivity contribution is 0.790. The molecule has 0 radical (unpaired) electrons. The fraction of sp³-hybridized carbons (Fsp3) is 0.190. The molecule has 1 aliphatic rings. The Kier molecular flexibility index (Phi) is 4.13. The van der Waals surface area contributed by atoms with E-state index in [0.717, 1.165) is 41.2 Å². The summed E-state index contributed by atoms with van der Waals surface area (Å²) in [7, 11) is 0. The van der Waals surface area contributed by atoms with Crippen molar-refractivity contribution in [3.63, 3.8) is 0 Å².